The van der Waals surface area contributed by atoms with Crippen molar-refractivity contribution < 1.29 is 34.2 Å². The Hall–Kier alpha value is -2.77. The summed E-state index contributed by atoms with van der Waals surface area (Å²) in [5.41, 5.74) is -5.05. The Balaban J connectivity index is 2.56. The van der Waals surface area contributed by atoms with E-state index in [-0.39, 0.29) is 19.1 Å². The van der Waals surface area contributed by atoms with Gasteiger partial charge in [0.15, 0.2) is 0 Å². The lowest BCUT2D eigenvalue weighted by Crippen LogP contribution is -2.71. The molecule has 6 atom stereocenters. The minimum Gasteiger partial charge on any atom is -0.464 e. The number of esters is 2. The molecule has 0 bridgehead atoms. The van der Waals surface area contributed by atoms with E-state index in [2.05, 4.69) is 0 Å². The van der Waals surface area contributed by atoms with Crippen LogP contribution in [-0.2, 0) is 19.1 Å². The Morgan fingerprint density at radius 1 is 1.23 bits per heavy atom. The molecule has 2 unspecified atom stereocenters. The Morgan fingerprint density at radius 3 is 2.10 bits per heavy atom. The van der Waals surface area contributed by atoms with Crippen LogP contribution in [0.4, 0.5) is 0 Å². The third-order valence-electron chi connectivity index (χ3n) is 5.74. The van der Waals surface area contributed by atoms with Gasteiger partial charge in [0, 0.05) is 10.5 Å². The van der Waals surface area contributed by atoms with Gasteiger partial charge in [-0.15, -0.1) is 0 Å². The second-order valence-corrected chi connectivity index (χ2v) is 7.68. The lowest BCUT2D eigenvalue weighted by molar-refractivity contribution is -0.567. The van der Waals surface area contributed by atoms with Crippen molar-refractivity contribution in [1.82, 2.24) is 0 Å². The van der Waals surface area contributed by atoms with Crippen LogP contribution in [-0.4, -0.2) is 57.5 Å². The number of nitro groups is 1. The zero-order valence-corrected chi connectivity index (χ0v) is 17.1. The highest BCUT2D eigenvalue weighted by Gasteiger charge is 2.71. The standard InChI is InChI=1S/C20H26N2O8/c1-4-29-17(23)19(25)9-14(15-7-6-13(11-21)8-12(15)3)10-20(26,16(19)22(27)28)18(24)30-5-2/h6-8,12,14-16,25-26H,4-5,9-10H2,1-3H3/t12?,14-,15?,16-,19-,20+. The van der Waals surface area contributed by atoms with E-state index in [1.165, 1.54) is 13.8 Å². The summed E-state index contributed by atoms with van der Waals surface area (Å²) in [4.78, 5) is 36.0. The molecule has 0 aromatic carbocycles. The van der Waals surface area contributed by atoms with Gasteiger partial charge in [-0.25, -0.2) is 9.59 Å². The third kappa shape index (κ3) is 4.08. The fourth-order valence-electron chi connectivity index (χ4n) is 4.51. The number of carbonyl (C=O) groups excluding carboxylic acids is 2. The number of aliphatic hydroxyl groups is 2. The van der Waals surface area contributed by atoms with Crippen molar-refractivity contribution in [1.29, 1.82) is 5.26 Å². The zero-order chi connectivity index (χ0) is 22.7. The Labute approximate surface area is 173 Å². The maximum atomic E-state index is 12.6. The van der Waals surface area contributed by atoms with Crippen molar-refractivity contribution in [2.24, 2.45) is 17.8 Å². The van der Waals surface area contributed by atoms with Crippen molar-refractivity contribution in [2.45, 2.75) is 50.9 Å². The van der Waals surface area contributed by atoms with Gasteiger partial charge >= 0.3 is 11.9 Å². The summed E-state index contributed by atoms with van der Waals surface area (Å²) in [6.45, 7) is 4.45. The second-order valence-electron chi connectivity index (χ2n) is 7.68. The van der Waals surface area contributed by atoms with Crippen LogP contribution in [0.15, 0.2) is 23.8 Å². The Morgan fingerprint density at radius 2 is 1.73 bits per heavy atom. The average Bonchev–Trinajstić information content (AvgIpc) is 2.67. The van der Waals surface area contributed by atoms with Gasteiger partial charge in [-0.05, 0) is 50.5 Å². The molecular formula is C20H26N2O8. The third-order valence-corrected chi connectivity index (χ3v) is 5.74. The number of nitriles is 1. The fraction of sp³-hybridized carbons (Fsp3) is 0.650. The molecule has 0 spiro atoms. The van der Waals surface area contributed by atoms with Crippen LogP contribution in [0.1, 0.15) is 33.6 Å². The number of rotatable bonds is 6. The van der Waals surface area contributed by atoms with Crippen LogP contribution in [0.3, 0.4) is 0 Å². The van der Waals surface area contributed by atoms with E-state index in [1.54, 1.807) is 25.2 Å². The van der Waals surface area contributed by atoms with E-state index >= 15 is 0 Å². The van der Waals surface area contributed by atoms with Gasteiger partial charge in [-0.1, -0.05) is 19.1 Å². The molecule has 10 heteroatoms. The minimum atomic E-state index is -2.74. The van der Waals surface area contributed by atoms with Crippen molar-refractivity contribution in [2.75, 3.05) is 13.2 Å². The topological polar surface area (TPSA) is 160 Å². The minimum absolute atomic E-state index is 0.151. The molecule has 0 radical (unpaired) electrons. The lowest BCUT2D eigenvalue weighted by atomic mass is 9.61. The fourth-order valence-corrected chi connectivity index (χ4v) is 4.51. The van der Waals surface area contributed by atoms with Crippen LogP contribution in [0, 0.1) is 39.2 Å². The van der Waals surface area contributed by atoms with Gasteiger partial charge in [-0.2, -0.15) is 5.26 Å². The normalized spacial score (nSPS) is 35.7. The lowest BCUT2D eigenvalue weighted by Gasteiger charge is -2.46. The van der Waals surface area contributed by atoms with E-state index in [4.69, 9.17) is 14.7 Å². The molecule has 0 heterocycles. The molecule has 1 saturated carbocycles. The van der Waals surface area contributed by atoms with Gasteiger partial charge in [-0.3, -0.25) is 10.1 Å². The van der Waals surface area contributed by atoms with Gasteiger partial charge in [0.2, 0.25) is 11.2 Å². The Kier molecular flexibility index (Phi) is 7.00. The SMILES string of the molecule is CCOC(=O)[C@]1(O)C[C@H](C2C=CC(C#N)=CC2C)C[C@](O)(C(=O)OCC)[C@H]1[N+](=O)[O-]. The number of carbonyl (C=O) groups is 2. The molecule has 30 heavy (non-hydrogen) atoms. The predicted molar refractivity (Wildman–Crippen MR) is 102 cm³/mol. The molecule has 0 aromatic rings. The molecule has 2 rings (SSSR count). The van der Waals surface area contributed by atoms with Crippen molar-refractivity contribution in [3.63, 3.8) is 0 Å². The zero-order valence-electron chi connectivity index (χ0n) is 17.1. The molecule has 0 amide bonds. The molecule has 2 N–H and O–H groups in total. The number of nitrogens with zero attached hydrogens (tertiary/aromatic N) is 2. The van der Waals surface area contributed by atoms with Gasteiger partial charge in [0.1, 0.15) is 0 Å². The molecular weight excluding hydrogens is 396 g/mol. The summed E-state index contributed by atoms with van der Waals surface area (Å²) in [6, 6.07) is -0.334. The number of hydrogen-bond acceptors (Lipinski definition) is 9. The number of hydrogen-bond donors (Lipinski definition) is 2. The summed E-state index contributed by atoms with van der Waals surface area (Å²) < 4.78 is 9.73. The van der Waals surface area contributed by atoms with Crippen molar-refractivity contribution >= 4 is 11.9 Å². The smallest absolute Gasteiger partial charge is 0.345 e. The van der Waals surface area contributed by atoms with E-state index < -0.39 is 58.8 Å². The average molecular weight is 422 g/mol. The largest absolute Gasteiger partial charge is 0.464 e. The quantitative estimate of drug-likeness (QED) is 0.360. The Bertz CT molecular complexity index is 782. The van der Waals surface area contributed by atoms with Crippen molar-refractivity contribution in [3.05, 3.63) is 33.9 Å². The number of allylic oxidation sites excluding steroid dienone is 4. The van der Waals surface area contributed by atoms with Crippen LogP contribution in [0.2, 0.25) is 0 Å². The highest BCUT2D eigenvalue weighted by Crippen LogP contribution is 2.47. The maximum Gasteiger partial charge on any atom is 0.345 e. The summed E-state index contributed by atoms with van der Waals surface area (Å²) in [7, 11) is 0. The first-order chi connectivity index (χ1) is 14.0. The van der Waals surface area contributed by atoms with Crippen LogP contribution in [0.5, 0.6) is 0 Å². The predicted octanol–water partition coefficient (Wildman–Crippen LogP) is 0.902. The van der Waals surface area contributed by atoms with Crippen molar-refractivity contribution in [3.8, 4) is 6.07 Å². The molecule has 0 aliphatic heterocycles. The highest BCUT2D eigenvalue weighted by molar-refractivity contribution is 5.86. The van der Waals surface area contributed by atoms with Gasteiger partial charge in [0.25, 0.3) is 6.04 Å². The monoisotopic (exact) mass is 422 g/mol. The first-order valence-electron chi connectivity index (χ1n) is 9.77. The van der Waals surface area contributed by atoms with Gasteiger partial charge in [0.05, 0.1) is 19.3 Å². The number of ether oxygens (including phenoxy) is 2. The maximum absolute atomic E-state index is 12.6. The molecule has 0 aromatic heterocycles. The first-order valence-corrected chi connectivity index (χ1v) is 9.77. The molecule has 164 valence electrons. The first kappa shape index (κ1) is 23.5. The molecule has 2 aliphatic rings. The van der Waals surface area contributed by atoms with Crippen LogP contribution in [0.25, 0.3) is 0 Å². The second kappa shape index (κ2) is 8.93. The van der Waals surface area contributed by atoms with E-state index in [0.717, 1.165) is 0 Å². The molecule has 1 fully saturated rings. The van der Waals surface area contributed by atoms with E-state index in [0.29, 0.717) is 5.57 Å². The summed E-state index contributed by atoms with van der Waals surface area (Å²) in [6.07, 6.45) is 4.16. The molecule has 2 aliphatic carbocycles. The summed E-state index contributed by atoms with van der Waals surface area (Å²) in [5.74, 6) is -3.89. The molecule has 0 saturated heterocycles. The molecule has 10 nitrogen and oxygen atoms in total. The van der Waals surface area contributed by atoms with E-state index in [9.17, 15) is 29.9 Å². The van der Waals surface area contributed by atoms with Crippen LogP contribution >= 0.6 is 0 Å². The van der Waals surface area contributed by atoms with Gasteiger partial charge < -0.3 is 19.7 Å². The highest BCUT2D eigenvalue weighted by atomic mass is 16.6. The van der Waals surface area contributed by atoms with Crippen LogP contribution < -0.4 is 0 Å². The summed E-state index contributed by atoms with van der Waals surface area (Å²) >= 11 is 0. The van der Waals surface area contributed by atoms with E-state index in [1.807, 2.05) is 6.07 Å². The summed E-state index contributed by atoms with van der Waals surface area (Å²) in [5, 5.41) is 43.3.